The summed E-state index contributed by atoms with van der Waals surface area (Å²) < 4.78 is 24.2. The maximum absolute atomic E-state index is 14.1. The molecule has 1 amide bonds. The van der Waals surface area contributed by atoms with E-state index in [1.165, 1.54) is 5.56 Å². The fourth-order valence-electron chi connectivity index (χ4n) is 4.71. The van der Waals surface area contributed by atoms with Gasteiger partial charge in [0.25, 0.3) is 5.91 Å². The lowest BCUT2D eigenvalue weighted by molar-refractivity contribution is 0.0376. The topological polar surface area (TPSA) is 73.4 Å². The number of thiazole rings is 1. The maximum Gasteiger partial charge on any atom is 0.260 e. The summed E-state index contributed by atoms with van der Waals surface area (Å²) in [7, 11) is 0. The van der Waals surface area contributed by atoms with Crippen LogP contribution >= 0.6 is 11.3 Å². The van der Waals surface area contributed by atoms with E-state index in [9.17, 15) is 4.79 Å². The third-order valence-electron chi connectivity index (χ3n) is 6.40. The molecule has 3 aromatic rings. The summed E-state index contributed by atoms with van der Waals surface area (Å²) in [4.78, 5) is 23.3. The van der Waals surface area contributed by atoms with E-state index in [0.717, 1.165) is 55.0 Å². The Hall–Kier alpha value is -2.88. The van der Waals surface area contributed by atoms with E-state index in [4.69, 9.17) is 23.9 Å². The molecule has 0 saturated carbocycles. The monoisotopic (exact) mass is 541 g/mol. The van der Waals surface area contributed by atoms with Crippen molar-refractivity contribution in [3.63, 3.8) is 0 Å². The van der Waals surface area contributed by atoms with Gasteiger partial charge < -0.3 is 18.9 Å². The van der Waals surface area contributed by atoms with Gasteiger partial charge in [0.05, 0.1) is 43.3 Å². The summed E-state index contributed by atoms with van der Waals surface area (Å²) in [5, 5.41) is 0.700. The van der Waals surface area contributed by atoms with E-state index in [1.807, 2.05) is 20.8 Å². The first-order chi connectivity index (χ1) is 18.4. The van der Waals surface area contributed by atoms with E-state index in [0.29, 0.717) is 54.3 Å². The van der Waals surface area contributed by atoms with Gasteiger partial charge in [-0.3, -0.25) is 14.6 Å². The number of hydrogen-bond acceptors (Lipinski definition) is 8. The number of morpholine rings is 1. The van der Waals surface area contributed by atoms with Crippen LogP contribution in [0.25, 0.3) is 10.2 Å². The van der Waals surface area contributed by atoms with Gasteiger partial charge >= 0.3 is 0 Å². The number of carbonyl (C=O) groups is 1. The first-order valence-corrected chi connectivity index (χ1v) is 14.3. The van der Waals surface area contributed by atoms with Crippen molar-refractivity contribution in [3.8, 4) is 17.2 Å². The zero-order chi connectivity index (χ0) is 27.1. The van der Waals surface area contributed by atoms with Gasteiger partial charge in [0, 0.05) is 31.7 Å². The van der Waals surface area contributed by atoms with Crippen LogP contribution in [-0.2, 0) is 4.74 Å². The second-order valence-corrected chi connectivity index (χ2v) is 10.3. The highest BCUT2D eigenvalue weighted by Crippen LogP contribution is 2.40. The van der Waals surface area contributed by atoms with Crippen molar-refractivity contribution in [3.05, 3.63) is 41.0 Å². The number of rotatable bonds is 12. The molecule has 9 heteroatoms. The lowest BCUT2D eigenvalue weighted by Gasteiger charge is -2.28. The van der Waals surface area contributed by atoms with Crippen LogP contribution in [0.4, 0.5) is 5.13 Å². The zero-order valence-corrected chi connectivity index (χ0v) is 24.0. The lowest BCUT2D eigenvalue weighted by Crippen LogP contribution is -2.39. The third-order valence-corrected chi connectivity index (χ3v) is 7.63. The lowest BCUT2D eigenvalue weighted by atomic mass is 10.1. The highest BCUT2D eigenvalue weighted by atomic mass is 32.1. The quantitative estimate of drug-likeness (QED) is 0.301. The molecule has 8 nitrogen and oxygen atoms in total. The normalized spacial score (nSPS) is 14.0. The minimum absolute atomic E-state index is 0.134. The van der Waals surface area contributed by atoms with Gasteiger partial charge in [0.1, 0.15) is 0 Å². The fourth-order valence-corrected chi connectivity index (χ4v) is 5.75. The molecule has 2 aromatic carbocycles. The van der Waals surface area contributed by atoms with Gasteiger partial charge in [-0.1, -0.05) is 17.4 Å². The number of ether oxygens (including phenoxy) is 4. The Kier molecular flexibility index (Phi) is 9.82. The van der Waals surface area contributed by atoms with E-state index >= 15 is 0 Å². The fraction of sp³-hybridized carbons (Fsp3) is 0.517. The average molecular weight is 542 g/mol. The Morgan fingerprint density at radius 3 is 2.29 bits per heavy atom. The molecule has 0 radical (unpaired) electrons. The molecule has 1 aliphatic rings. The van der Waals surface area contributed by atoms with Crippen LogP contribution in [0.2, 0.25) is 0 Å². The SMILES string of the molecule is CCOc1cc(C(=O)N(CCCN2CCOCC2)c2nc3cc(C)cc(C)c3s2)cc(OCC)c1OCC. The van der Waals surface area contributed by atoms with Crippen LogP contribution in [0.15, 0.2) is 24.3 Å². The Labute approximate surface area is 229 Å². The van der Waals surface area contributed by atoms with Crippen LogP contribution in [0.5, 0.6) is 17.2 Å². The molecule has 1 aliphatic heterocycles. The van der Waals surface area contributed by atoms with Gasteiger partial charge in [0.15, 0.2) is 16.6 Å². The van der Waals surface area contributed by atoms with Crippen molar-refractivity contribution in [2.75, 3.05) is 64.1 Å². The van der Waals surface area contributed by atoms with Crippen molar-refractivity contribution in [2.24, 2.45) is 0 Å². The predicted octanol–water partition coefficient (Wildman–Crippen LogP) is 5.48. The summed E-state index contributed by atoms with van der Waals surface area (Å²) in [6, 6.07) is 7.76. The molecule has 2 heterocycles. The van der Waals surface area contributed by atoms with Gasteiger partial charge in [-0.15, -0.1) is 0 Å². The summed E-state index contributed by atoms with van der Waals surface area (Å²) >= 11 is 1.56. The number of nitrogens with zero attached hydrogens (tertiary/aromatic N) is 3. The molecule has 206 valence electrons. The molecule has 38 heavy (non-hydrogen) atoms. The smallest absolute Gasteiger partial charge is 0.260 e. The Balaban J connectivity index is 1.70. The number of aromatic nitrogens is 1. The van der Waals surface area contributed by atoms with Crippen LogP contribution in [-0.4, -0.2) is 75.0 Å². The van der Waals surface area contributed by atoms with E-state index in [1.54, 1.807) is 28.4 Å². The van der Waals surface area contributed by atoms with Gasteiger partial charge in [-0.2, -0.15) is 0 Å². The number of fused-ring (bicyclic) bond motifs is 1. The van der Waals surface area contributed by atoms with Gasteiger partial charge in [-0.05, 0) is 70.4 Å². The van der Waals surface area contributed by atoms with Crippen LogP contribution in [0, 0.1) is 13.8 Å². The second-order valence-electron chi connectivity index (χ2n) is 9.29. The number of anilines is 1. The molecular formula is C29H39N3O5S. The van der Waals surface area contributed by atoms with Crippen molar-refractivity contribution in [1.29, 1.82) is 0 Å². The molecule has 0 N–H and O–H groups in total. The first-order valence-electron chi connectivity index (χ1n) is 13.5. The molecule has 0 aliphatic carbocycles. The van der Waals surface area contributed by atoms with Crippen molar-refractivity contribution in [2.45, 2.75) is 41.0 Å². The Morgan fingerprint density at radius 1 is 1.00 bits per heavy atom. The molecule has 0 spiro atoms. The zero-order valence-electron chi connectivity index (χ0n) is 23.2. The van der Waals surface area contributed by atoms with E-state index < -0.39 is 0 Å². The highest BCUT2D eigenvalue weighted by molar-refractivity contribution is 7.22. The molecule has 1 aromatic heterocycles. The van der Waals surface area contributed by atoms with E-state index in [-0.39, 0.29) is 5.91 Å². The molecule has 0 unspecified atom stereocenters. The molecular weight excluding hydrogens is 502 g/mol. The van der Waals surface area contributed by atoms with E-state index in [2.05, 4.69) is 30.9 Å². The minimum atomic E-state index is -0.134. The van der Waals surface area contributed by atoms with Gasteiger partial charge in [0.2, 0.25) is 5.75 Å². The minimum Gasteiger partial charge on any atom is -0.490 e. The highest BCUT2D eigenvalue weighted by Gasteiger charge is 2.26. The summed E-state index contributed by atoms with van der Waals surface area (Å²) in [5.74, 6) is 1.41. The van der Waals surface area contributed by atoms with Crippen LogP contribution < -0.4 is 19.1 Å². The number of benzene rings is 2. The summed E-state index contributed by atoms with van der Waals surface area (Å²) in [5.41, 5.74) is 3.73. The third kappa shape index (κ3) is 6.57. The van der Waals surface area contributed by atoms with Gasteiger partial charge in [-0.25, -0.2) is 4.98 Å². The van der Waals surface area contributed by atoms with Crippen LogP contribution in [0.1, 0.15) is 48.7 Å². The van der Waals surface area contributed by atoms with Crippen molar-refractivity contribution in [1.82, 2.24) is 9.88 Å². The standard InChI is InChI=1S/C29H39N3O5S/c1-6-35-24-18-22(19-25(36-7-2)26(24)37-8-3)28(33)32(11-9-10-31-12-14-34-15-13-31)29-30-23-17-20(4)16-21(5)27(23)38-29/h16-19H,6-15H2,1-5H3. The molecule has 1 fully saturated rings. The molecule has 1 saturated heterocycles. The maximum atomic E-state index is 14.1. The van der Waals surface area contributed by atoms with Crippen molar-refractivity contribution < 1.29 is 23.7 Å². The van der Waals surface area contributed by atoms with Crippen molar-refractivity contribution >= 4 is 32.6 Å². The molecule has 4 rings (SSSR count). The average Bonchev–Trinajstić information content (AvgIpc) is 3.33. The number of aryl methyl sites for hydroxylation is 2. The molecule has 0 atom stereocenters. The Morgan fingerprint density at radius 2 is 1.66 bits per heavy atom. The summed E-state index contributed by atoms with van der Waals surface area (Å²) in [6.45, 7) is 16.1. The summed E-state index contributed by atoms with van der Waals surface area (Å²) in [6.07, 6.45) is 0.827. The largest absolute Gasteiger partial charge is 0.490 e. The van der Waals surface area contributed by atoms with Crippen LogP contribution in [0.3, 0.4) is 0 Å². The number of hydrogen-bond donors (Lipinski definition) is 0. The second kappa shape index (κ2) is 13.3. The number of amides is 1. The molecule has 0 bridgehead atoms. The predicted molar refractivity (Wildman–Crippen MR) is 153 cm³/mol. The Bertz CT molecular complexity index is 1210. The number of carbonyl (C=O) groups excluding carboxylic acids is 1. The first kappa shape index (κ1) is 28.1.